The molecule has 72 valence electrons. The molecule has 0 spiro atoms. The average molecular weight is 202 g/mol. The van der Waals surface area contributed by atoms with Crippen molar-refractivity contribution >= 4 is 10.0 Å². The summed E-state index contributed by atoms with van der Waals surface area (Å²) in [7, 11) is -2.07. The van der Waals surface area contributed by atoms with Gasteiger partial charge in [-0.15, -0.1) is 0 Å². The molecule has 2 N–H and O–H groups in total. The van der Waals surface area contributed by atoms with Crippen molar-refractivity contribution in [2.45, 2.75) is 5.75 Å². The fourth-order valence-electron chi connectivity index (χ4n) is 0.929. The maximum absolute atomic E-state index is 10.8. The molecular formula is C7H10N2O3S. The molecule has 1 rings (SSSR count). The van der Waals surface area contributed by atoms with Gasteiger partial charge in [0.25, 0.3) is 0 Å². The minimum Gasteiger partial charge on any atom is -0.495 e. The second-order valence-corrected chi connectivity index (χ2v) is 4.11. The van der Waals surface area contributed by atoms with Crippen molar-refractivity contribution < 1.29 is 13.2 Å². The standard InChI is InChI=1S/C7H10N2O3S/c1-12-7-4-9-3-2-6(7)5-13(8,10)11/h2-4H,5H2,1H3,(H2,8,10,11). The van der Waals surface area contributed by atoms with Crippen molar-refractivity contribution in [3.8, 4) is 5.75 Å². The molecule has 0 unspecified atom stereocenters. The van der Waals surface area contributed by atoms with Crippen LogP contribution >= 0.6 is 0 Å². The highest BCUT2D eigenvalue weighted by Crippen LogP contribution is 2.17. The zero-order valence-electron chi connectivity index (χ0n) is 7.10. The molecule has 13 heavy (non-hydrogen) atoms. The Morgan fingerprint density at radius 2 is 2.31 bits per heavy atom. The molecule has 0 atom stereocenters. The van der Waals surface area contributed by atoms with Crippen LogP contribution in [0.25, 0.3) is 0 Å². The Morgan fingerprint density at radius 3 is 2.85 bits per heavy atom. The molecule has 0 saturated heterocycles. The van der Waals surface area contributed by atoms with Crippen molar-refractivity contribution in [1.29, 1.82) is 0 Å². The Bertz CT molecular complexity index is 388. The van der Waals surface area contributed by atoms with E-state index in [2.05, 4.69) is 4.98 Å². The van der Waals surface area contributed by atoms with E-state index in [1.807, 2.05) is 0 Å². The van der Waals surface area contributed by atoms with Crippen molar-refractivity contribution in [2.24, 2.45) is 5.14 Å². The van der Waals surface area contributed by atoms with E-state index >= 15 is 0 Å². The summed E-state index contributed by atoms with van der Waals surface area (Å²) in [5.41, 5.74) is 0.514. The summed E-state index contributed by atoms with van der Waals surface area (Å²) in [5, 5.41) is 4.89. The van der Waals surface area contributed by atoms with E-state index in [1.165, 1.54) is 19.5 Å². The van der Waals surface area contributed by atoms with E-state index in [0.717, 1.165) is 0 Å². The number of sulfonamides is 1. The lowest BCUT2D eigenvalue weighted by Gasteiger charge is -2.05. The molecule has 0 amide bonds. The third kappa shape index (κ3) is 3.00. The van der Waals surface area contributed by atoms with E-state index in [9.17, 15) is 8.42 Å². The van der Waals surface area contributed by atoms with Crippen LogP contribution in [0.15, 0.2) is 18.5 Å². The van der Waals surface area contributed by atoms with E-state index in [4.69, 9.17) is 9.88 Å². The quantitative estimate of drug-likeness (QED) is 0.740. The first-order valence-electron chi connectivity index (χ1n) is 3.50. The minimum atomic E-state index is -3.52. The fourth-order valence-corrected chi connectivity index (χ4v) is 1.60. The first kappa shape index (κ1) is 9.94. The molecule has 0 aliphatic carbocycles. The smallest absolute Gasteiger partial charge is 0.213 e. The van der Waals surface area contributed by atoms with Gasteiger partial charge in [-0.2, -0.15) is 0 Å². The average Bonchev–Trinajstić information content (AvgIpc) is 2.02. The van der Waals surface area contributed by atoms with Gasteiger partial charge >= 0.3 is 0 Å². The Hall–Kier alpha value is -1.14. The number of nitrogens with zero attached hydrogens (tertiary/aromatic N) is 1. The summed E-state index contributed by atoms with van der Waals surface area (Å²) in [6.45, 7) is 0. The fraction of sp³-hybridized carbons (Fsp3) is 0.286. The molecule has 0 saturated carbocycles. The Labute approximate surface area is 76.6 Å². The van der Waals surface area contributed by atoms with E-state index in [-0.39, 0.29) is 5.75 Å². The predicted octanol–water partition coefficient (Wildman–Crippen LogP) is -0.121. The monoisotopic (exact) mass is 202 g/mol. The number of primary sulfonamides is 1. The highest BCUT2D eigenvalue weighted by atomic mass is 32.2. The molecule has 0 aliphatic rings. The number of aromatic nitrogens is 1. The van der Waals surface area contributed by atoms with Crippen LogP contribution in [-0.4, -0.2) is 20.5 Å². The summed E-state index contributed by atoms with van der Waals surface area (Å²) in [5.74, 6) is 0.190. The molecule has 1 aromatic heterocycles. The van der Waals surface area contributed by atoms with Crippen LogP contribution in [0.3, 0.4) is 0 Å². The number of rotatable bonds is 3. The predicted molar refractivity (Wildman–Crippen MR) is 47.6 cm³/mol. The molecular weight excluding hydrogens is 192 g/mol. The van der Waals surface area contributed by atoms with Crippen molar-refractivity contribution in [2.75, 3.05) is 7.11 Å². The largest absolute Gasteiger partial charge is 0.495 e. The summed E-state index contributed by atoms with van der Waals surface area (Å²) >= 11 is 0. The van der Waals surface area contributed by atoms with Crippen LogP contribution in [0.2, 0.25) is 0 Å². The number of hydrogen-bond acceptors (Lipinski definition) is 4. The van der Waals surface area contributed by atoms with Crippen LogP contribution < -0.4 is 9.88 Å². The molecule has 1 aromatic rings. The van der Waals surface area contributed by atoms with Gasteiger partial charge in [-0.1, -0.05) is 0 Å². The van der Waals surface area contributed by atoms with Crippen LogP contribution in [-0.2, 0) is 15.8 Å². The number of ether oxygens (including phenoxy) is 1. The summed E-state index contributed by atoms with van der Waals surface area (Å²) in [6, 6.07) is 1.56. The van der Waals surface area contributed by atoms with E-state index < -0.39 is 10.0 Å². The highest BCUT2D eigenvalue weighted by Gasteiger charge is 2.09. The Balaban J connectivity index is 3.01. The summed E-state index contributed by atoms with van der Waals surface area (Å²) in [4.78, 5) is 3.79. The SMILES string of the molecule is COc1cnccc1CS(N)(=O)=O. The summed E-state index contributed by atoms with van der Waals surface area (Å²) in [6.07, 6.45) is 2.93. The van der Waals surface area contributed by atoms with E-state index in [0.29, 0.717) is 11.3 Å². The van der Waals surface area contributed by atoms with Crippen LogP contribution in [0, 0.1) is 0 Å². The first-order chi connectivity index (χ1) is 6.03. The molecule has 0 aliphatic heterocycles. The van der Waals surface area contributed by atoms with Crippen LogP contribution in [0.4, 0.5) is 0 Å². The molecule has 0 radical (unpaired) electrons. The maximum atomic E-state index is 10.8. The zero-order valence-corrected chi connectivity index (χ0v) is 7.91. The van der Waals surface area contributed by atoms with Crippen molar-refractivity contribution in [3.63, 3.8) is 0 Å². The topological polar surface area (TPSA) is 82.3 Å². The number of pyridine rings is 1. The normalized spacial score (nSPS) is 11.2. The first-order valence-corrected chi connectivity index (χ1v) is 5.22. The number of hydrogen-bond donors (Lipinski definition) is 1. The molecule has 5 nitrogen and oxygen atoms in total. The second-order valence-electron chi connectivity index (χ2n) is 2.49. The van der Waals surface area contributed by atoms with Gasteiger partial charge in [0.15, 0.2) is 0 Å². The third-order valence-electron chi connectivity index (χ3n) is 1.45. The van der Waals surface area contributed by atoms with Gasteiger partial charge < -0.3 is 4.74 Å². The Kier molecular flexibility index (Phi) is 2.84. The maximum Gasteiger partial charge on any atom is 0.213 e. The van der Waals surface area contributed by atoms with Gasteiger partial charge in [-0.3, -0.25) is 4.98 Å². The highest BCUT2D eigenvalue weighted by molar-refractivity contribution is 7.88. The van der Waals surface area contributed by atoms with Gasteiger partial charge in [0, 0.05) is 11.8 Å². The zero-order chi connectivity index (χ0) is 9.90. The molecule has 1 heterocycles. The minimum absolute atomic E-state index is 0.237. The molecule has 0 bridgehead atoms. The van der Waals surface area contributed by atoms with Gasteiger partial charge in [-0.25, -0.2) is 13.6 Å². The lowest BCUT2D eigenvalue weighted by molar-refractivity contribution is 0.409. The van der Waals surface area contributed by atoms with Crippen LogP contribution in [0.1, 0.15) is 5.56 Å². The lowest BCUT2D eigenvalue weighted by atomic mass is 10.3. The Morgan fingerprint density at radius 1 is 1.62 bits per heavy atom. The molecule has 6 heteroatoms. The van der Waals surface area contributed by atoms with Gasteiger partial charge in [0.1, 0.15) is 5.75 Å². The second kappa shape index (κ2) is 3.71. The van der Waals surface area contributed by atoms with Gasteiger partial charge in [-0.05, 0) is 6.07 Å². The van der Waals surface area contributed by atoms with Gasteiger partial charge in [0.2, 0.25) is 10.0 Å². The number of methoxy groups -OCH3 is 1. The van der Waals surface area contributed by atoms with E-state index in [1.54, 1.807) is 6.07 Å². The third-order valence-corrected chi connectivity index (χ3v) is 2.16. The van der Waals surface area contributed by atoms with Crippen LogP contribution in [0.5, 0.6) is 5.75 Å². The summed E-state index contributed by atoms with van der Waals surface area (Å²) < 4.78 is 26.4. The lowest BCUT2D eigenvalue weighted by Crippen LogP contribution is -2.15. The van der Waals surface area contributed by atoms with Crippen molar-refractivity contribution in [1.82, 2.24) is 4.98 Å². The van der Waals surface area contributed by atoms with Crippen molar-refractivity contribution in [3.05, 3.63) is 24.0 Å². The molecule has 0 fully saturated rings. The number of nitrogens with two attached hydrogens (primary N) is 1. The van der Waals surface area contributed by atoms with Gasteiger partial charge in [0.05, 0.1) is 19.1 Å². The molecule has 0 aromatic carbocycles.